The van der Waals surface area contributed by atoms with E-state index in [4.69, 9.17) is 25.7 Å². The zero-order valence-corrected chi connectivity index (χ0v) is 24.2. The van der Waals surface area contributed by atoms with Gasteiger partial charge in [0.1, 0.15) is 17.3 Å². The van der Waals surface area contributed by atoms with Crippen LogP contribution in [0.15, 0.2) is 105 Å². The first-order chi connectivity index (χ1) is 20.3. The maximum absolute atomic E-state index is 14.0. The van der Waals surface area contributed by atoms with Crippen molar-refractivity contribution in [1.82, 2.24) is 4.57 Å². The summed E-state index contributed by atoms with van der Waals surface area (Å²) in [6, 6.07) is 23.3. The molecule has 1 aliphatic heterocycles. The number of ether oxygens (including phenoxy) is 1. The molecule has 9 heteroatoms. The van der Waals surface area contributed by atoms with Crippen molar-refractivity contribution in [1.29, 1.82) is 0 Å². The summed E-state index contributed by atoms with van der Waals surface area (Å²) in [7, 11) is 0. The fraction of sp³-hybridized carbons (Fsp3) is 0.121. The third kappa shape index (κ3) is 5.15. The highest BCUT2D eigenvalue weighted by molar-refractivity contribution is 7.07. The van der Waals surface area contributed by atoms with Gasteiger partial charge in [-0.25, -0.2) is 14.2 Å². The van der Waals surface area contributed by atoms with Crippen LogP contribution in [0.2, 0.25) is 5.02 Å². The standard InChI is InChI=1S/C33H24ClFN2O4S/c1-3-40-32(39)28-29(20-7-5-4-6-8-20)36-33-37(30(28)21-10-13-23(35)14-11-21)31(38)27(42-33)18-24-15-16-26(41-24)25-17-22(34)12-9-19(25)2/h4-18,30H,3H2,1-2H3/b27-18-. The Balaban J connectivity index is 1.56. The van der Waals surface area contributed by atoms with Crippen LogP contribution in [-0.4, -0.2) is 17.1 Å². The number of carbonyl (C=O) groups is 1. The first-order valence-corrected chi connectivity index (χ1v) is 14.4. The third-order valence-electron chi connectivity index (χ3n) is 6.92. The number of hydrogen-bond acceptors (Lipinski definition) is 6. The molecule has 3 aromatic carbocycles. The summed E-state index contributed by atoms with van der Waals surface area (Å²) >= 11 is 7.39. The lowest BCUT2D eigenvalue weighted by molar-refractivity contribution is -0.138. The van der Waals surface area contributed by atoms with E-state index in [0.29, 0.717) is 42.7 Å². The molecule has 42 heavy (non-hydrogen) atoms. The van der Waals surface area contributed by atoms with Gasteiger partial charge in [-0.2, -0.15) is 0 Å². The Labute approximate surface area is 249 Å². The van der Waals surface area contributed by atoms with Gasteiger partial charge in [0, 0.05) is 22.2 Å². The monoisotopic (exact) mass is 598 g/mol. The number of furan rings is 1. The van der Waals surface area contributed by atoms with E-state index in [2.05, 4.69) is 0 Å². The van der Waals surface area contributed by atoms with Crippen LogP contribution in [-0.2, 0) is 9.53 Å². The number of aryl methyl sites for hydroxylation is 1. The lowest BCUT2D eigenvalue weighted by Crippen LogP contribution is -2.40. The number of rotatable bonds is 6. The normalized spacial score (nSPS) is 15.0. The first-order valence-electron chi connectivity index (χ1n) is 13.2. The van der Waals surface area contributed by atoms with E-state index in [-0.39, 0.29) is 17.7 Å². The lowest BCUT2D eigenvalue weighted by Gasteiger charge is -2.25. The van der Waals surface area contributed by atoms with E-state index in [0.717, 1.165) is 11.1 Å². The number of aromatic nitrogens is 1. The minimum absolute atomic E-state index is 0.137. The van der Waals surface area contributed by atoms with Gasteiger partial charge in [-0.05, 0) is 61.4 Å². The smallest absolute Gasteiger partial charge is 0.338 e. The van der Waals surface area contributed by atoms with Crippen LogP contribution in [0.3, 0.4) is 0 Å². The average Bonchev–Trinajstić information content (AvgIpc) is 3.58. The van der Waals surface area contributed by atoms with E-state index in [1.807, 2.05) is 61.5 Å². The maximum atomic E-state index is 14.0. The molecule has 0 spiro atoms. The quantitative estimate of drug-likeness (QED) is 0.215. The Bertz CT molecular complexity index is 2020. The molecule has 1 unspecified atom stereocenters. The summed E-state index contributed by atoms with van der Waals surface area (Å²) in [5.41, 5.74) is 3.33. The van der Waals surface area contributed by atoms with Gasteiger partial charge in [-0.1, -0.05) is 71.5 Å². The van der Waals surface area contributed by atoms with Gasteiger partial charge in [0.25, 0.3) is 5.56 Å². The van der Waals surface area contributed by atoms with Gasteiger partial charge < -0.3 is 9.15 Å². The second-order valence-corrected chi connectivity index (χ2v) is 11.1. The van der Waals surface area contributed by atoms with Crippen molar-refractivity contribution in [3.8, 4) is 11.3 Å². The maximum Gasteiger partial charge on any atom is 0.338 e. The topological polar surface area (TPSA) is 73.8 Å². The van der Waals surface area contributed by atoms with Gasteiger partial charge in [0.15, 0.2) is 4.80 Å². The molecule has 6 nitrogen and oxygen atoms in total. The van der Waals surface area contributed by atoms with Gasteiger partial charge in [0.2, 0.25) is 0 Å². The molecule has 0 radical (unpaired) electrons. The Hall–Kier alpha value is -4.53. The number of hydrogen-bond donors (Lipinski definition) is 0. The Morgan fingerprint density at radius 2 is 1.86 bits per heavy atom. The number of carbonyl (C=O) groups excluding carboxylic acids is 1. The van der Waals surface area contributed by atoms with Crippen LogP contribution < -0.4 is 14.9 Å². The van der Waals surface area contributed by atoms with Crippen molar-refractivity contribution in [2.75, 3.05) is 6.61 Å². The molecule has 0 fully saturated rings. The number of thiazole rings is 1. The highest BCUT2D eigenvalue weighted by Crippen LogP contribution is 2.35. The summed E-state index contributed by atoms with van der Waals surface area (Å²) < 4.78 is 27.3. The molecule has 6 rings (SSSR count). The van der Waals surface area contributed by atoms with E-state index in [9.17, 15) is 14.0 Å². The lowest BCUT2D eigenvalue weighted by atomic mass is 9.93. The number of halogens is 2. The van der Waals surface area contributed by atoms with Gasteiger partial charge in [-0.15, -0.1) is 0 Å². The fourth-order valence-corrected chi connectivity index (χ4v) is 6.12. The van der Waals surface area contributed by atoms with Gasteiger partial charge in [-0.3, -0.25) is 9.36 Å². The SMILES string of the molecule is CCOC(=O)C1=C(c2ccccc2)N=c2s/c(=C\c3ccc(-c4cc(Cl)ccc4C)o3)c(=O)n2C1c1ccc(F)cc1. The van der Waals surface area contributed by atoms with Crippen LogP contribution in [0.5, 0.6) is 0 Å². The van der Waals surface area contributed by atoms with E-state index in [1.54, 1.807) is 31.2 Å². The molecule has 1 atom stereocenters. The first kappa shape index (κ1) is 27.6. The van der Waals surface area contributed by atoms with Gasteiger partial charge >= 0.3 is 5.97 Å². The van der Waals surface area contributed by atoms with Crippen LogP contribution in [0.4, 0.5) is 4.39 Å². The Morgan fingerprint density at radius 3 is 2.60 bits per heavy atom. The van der Waals surface area contributed by atoms with Crippen LogP contribution >= 0.6 is 22.9 Å². The van der Waals surface area contributed by atoms with Gasteiger partial charge in [0.05, 0.1) is 28.5 Å². The molecule has 0 saturated carbocycles. The third-order valence-corrected chi connectivity index (χ3v) is 8.14. The van der Waals surface area contributed by atoms with E-state index in [1.165, 1.54) is 28.0 Å². The van der Waals surface area contributed by atoms with E-state index < -0.39 is 17.8 Å². The molecule has 5 aromatic rings. The van der Waals surface area contributed by atoms with Crippen molar-refractivity contribution in [2.45, 2.75) is 19.9 Å². The molecule has 0 aliphatic carbocycles. The van der Waals surface area contributed by atoms with Crippen molar-refractivity contribution in [3.05, 3.63) is 143 Å². The van der Waals surface area contributed by atoms with E-state index >= 15 is 0 Å². The minimum Gasteiger partial charge on any atom is -0.463 e. The second-order valence-electron chi connectivity index (χ2n) is 9.64. The van der Waals surface area contributed by atoms with Crippen molar-refractivity contribution < 1.29 is 18.3 Å². The predicted molar refractivity (Wildman–Crippen MR) is 161 cm³/mol. The van der Waals surface area contributed by atoms with Crippen molar-refractivity contribution in [2.24, 2.45) is 4.99 Å². The number of benzene rings is 3. The van der Waals surface area contributed by atoms with Crippen molar-refractivity contribution >= 4 is 40.7 Å². The minimum atomic E-state index is -0.889. The largest absolute Gasteiger partial charge is 0.463 e. The number of fused-ring (bicyclic) bond motifs is 1. The highest BCUT2D eigenvalue weighted by atomic mass is 35.5. The zero-order valence-electron chi connectivity index (χ0n) is 22.6. The molecule has 0 amide bonds. The molecular weight excluding hydrogens is 575 g/mol. The molecule has 3 heterocycles. The summed E-state index contributed by atoms with van der Waals surface area (Å²) in [6.07, 6.45) is 1.66. The Kier molecular flexibility index (Phi) is 7.49. The molecule has 0 N–H and O–H groups in total. The summed E-state index contributed by atoms with van der Waals surface area (Å²) in [5.74, 6) is 0.0611. The summed E-state index contributed by atoms with van der Waals surface area (Å²) in [6.45, 7) is 3.82. The molecule has 210 valence electrons. The molecule has 0 bridgehead atoms. The zero-order chi connectivity index (χ0) is 29.4. The predicted octanol–water partition coefficient (Wildman–Crippen LogP) is 6.30. The fourth-order valence-electron chi connectivity index (χ4n) is 4.96. The second kappa shape index (κ2) is 11.4. The summed E-state index contributed by atoms with van der Waals surface area (Å²) in [4.78, 5) is 32.7. The number of nitrogens with zero attached hydrogens (tertiary/aromatic N) is 2. The van der Waals surface area contributed by atoms with Crippen LogP contribution in [0.1, 0.15) is 35.4 Å². The molecule has 2 aromatic heterocycles. The molecular formula is C33H24ClFN2O4S. The van der Waals surface area contributed by atoms with Crippen LogP contribution in [0.25, 0.3) is 23.1 Å². The molecule has 0 saturated heterocycles. The molecule has 1 aliphatic rings. The number of esters is 1. The average molecular weight is 599 g/mol. The summed E-state index contributed by atoms with van der Waals surface area (Å²) in [5, 5.41) is 0.592. The van der Waals surface area contributed by atoms with Crippen LogP contribution in [0, 0.1) is 12.7 Å². The Morgan fingerprint density at radius 1 is 1.10 bits per heavy atom. The highest BCUT2D eigenvalue weighted by Gasteiger charge is 2.35. The van der Waals surface area contributed by atoms with Crippen molar-refractivity contribution in [3.63, 3.8) is 0 Å².